The van der Waals surface area contributed by atoms with Crippen LogP contribution < -0.4 is 4.98 Å². The molecule has 3 heteroatoms. The lowest BCUT2D eigenvalue weighted by molar-refractivity contribution is 0.815. The van der Waals surface area contributed by atoms with Crippen LogP contribution in [0.25, 0.3) is 0 Å². The summed E-state index contributed by atoms with van der Waals surface area (Å²) in [6, 6.07) is 0. The van der Waals surface area contributed by atoms with E-state index in [0.29, 0.717) is 0 Å². The molecule has 60 valence electrons. The Morgan fingerprint density at radius 2 is 2.30 bits per heavy atom. The molecule has 0 aromatic heterocycles. The van der Waals surface area contributed by atoms with Crippen LogP contribution in [0, 0.1) is 0 Å². The summed E-state index contributed by atoms with van der Waals surface area (Å²) in [4.78, 5) is 3.06. The van der Waals surface area contributed by atoms with Gasteiger partial charge in [-0.25, -0.2) is 0 Å². The van der Waals surface area contributed by atoms with Crippen LogP contribution in [0.4, 0.5) is 0 Å². The van der Waals surface area contributed by atoms with Crippen LogP contribution in [-0.4, -0.2) is 15.3 Å². The van der Waals surface area contributed by atoms with Crippen molar-refractivity contribution >= 4 is 19.3 Å². The second-order valence-electron chi connectivity index (χ2n) is 2.26. The monoisotopic (exact) mass is 177 g/mol. The van der Waals surface area contributed by atoms with E-state index < -0.39 is 8.27 Å². The lowest BCUT2D eigenvalue weighted by Gasteiger charge is -1.96. The summed E-state index contributed by atoms with van der Waals surface area (Å²) in [6.07, 6.45) is 5.90. The molecule has 0 aliphatic heterocycles. The molecular weight excluding hydrogens is 162 g/mol. The Labute approximate surface area is 69.9 Å². The Kier molecular flexibility index (Phi) is 7.47. The minimum atomic E-state index is -1.18. The Hall–Kier alpha value is 0.207. The maximum Gasteiger partial charge on any atom is 0.234 e. The van der Waals surface area contributed by atoms with Gasteiger partial charge in [-0.05, 0) is 13.5 Å². The van der Waals surface area contributed by atoms with Gasteiger partial charge in [0.1, 0.15) is 0 Å². The molecule has 0 aliphatic rings. The van der Waals surface area contributed by atoms with Crippen LogP contribution in [-0.2, 0) is 0 Å². The van der Waals surface area contributed by atoms with Crippen molar-refractivity contribution in [1.82, 2.24) is 4.98 Å². The first-order valence-electron chi connectivity index (χ1n) is 3.79. The van der Waals surface area contributed by atoms with Crippen molar-refractivity contribution < 1.29 is 0 Å². The second-order valence-corrected chi connectivity index (χ2v) is 5.44. The minimum absolute atomic E-state index is 1.18. The fourth-order valence-electron chi connectivity index (χ4n) is 0.634. The Morgan fingerprint density at radius 1 is 1.60 bits per heavy atom. The van der Waals surface area contributed by atoms with Crippen molar-refractivity contribution in [2.24, 2.45) is 0 Å². The lowest BCUT2D eigenvalue weighted by Crippen LogP contribution is -2.21. The second kappa shape index (κ2) is 7.32. The molecule has 0 saturated carbocycles. The van der Waals surface area contributed by atoms with Crippen LogP contribution in [0.15, 0.2) is 11.8 Å². The van der Waals surface area contributed by atoms with E-state index >= 15 is 0 Å². The van der Waals surface area contributed by atoms with E-state index in [1.54, 1.807) is 0 Å². The third-order valence-corrected chi connectivity index (χ3v) is 3.56. The zero-order chi connectivity index (χ0) is 7.82. The zero-order valence-electron chi connectivity index (χ0n) is 6.73. The summed E-state index contributed by atoms with van der Waals surface area (Å²) in [6.45, 7) is 2.20. The molecule has 1 unspecified atom stereocenters. The maximum absolute atomic E-state index is 5.89. The largest absolute Gasteiger partial charge is 0.328 e. The Morgan fingerprint density at radius 3 is 2.80 bits per heavy atom. The molecule has 10 heavy (non-hydrogen) atoms. The van der Waals surface area contributed by atoms with Crippen LogP contribution in [0.2, 0.25) is 0 Å². The number of halogens is 1. The van der Waals surface area contributed by atoms with Crippen LogP contribution >= 0.6 is 11.1 Å². The van der Waals surface area contributed by atoms with Gasteiger partial charge in [0.05, 0.1) is 0 Å². The summed E-state index contributed by atoms with van der Waals surface area (Å²) in [7, 11) is 0.728. The van der Waals surface area contributed by atoms with E-state index in [2.05, 4.69) is 23.7 Å². The lowest BCUT2D eigenvalue weighted by atomic mass is 10.2. The molecule has 1 nitrogen and oxygen atoms in total. The van der Waals surface area contributed by atoms with Gasteiger partial charge in [-0.15, -0.1) is 11.1 Å². The van der Waals surface area contributed by atoms with E-state index in [-0.39, 0.29) is 0 Å². The number of rotatable bonds is 5. The predicted molar refractivity (Wildman–Crippen MR) is 50.7 cm³/mol. The van der Waals surface area contributed by atoms with Crippen molar-refractivity contribution in [1.29, 1.82) is 0 Å². The molecule has 0 aromatic rings. The summed E-state index contributed by atoms with van der Waals surface area (Å²) >= 11 is 5.89. The van der Waals surface area contributed by atoms with E-state index in [0.717, 1.165) is 0 Å². The molecule has 0 radical (unpaired) electrons. The van der Waals surface area contributed by atoms with E-state index in [1.807, 2.05) is 7.05 Å². The van der Waals surface area contributed by atoms with Crippen LogP contribution in [0.3, 0.4) is 0 Å². The maximum atomic E-state index is 5.89. The van der Waals surface area contributed by atoms with Gasteiger partial charge in [-0.1, -0.05) is 31.5 Å². The third-order valence-electron chi connectivity index (χ3n) is 1.31. The molecule has 0 spiro atoms. The van der Waals surface area contributed by atoms with Gasteiger partial charge in [0.25, 0.3) is 0 Å². The number of hydrogen-bond acceptors (Lipinski definition) is 1. The van der Waals surface area contributed by atoms with Gasteiger partial charge in [-0.3, -0.25) is 0 Å². The Balaban J connectivity index is 3.18. The van der Waals surface area contributed by atoms with E-state index in [9.17, 15) is 0 Å². The van der Waals surface area contributed by atoms with Gasteiger partial charge >= 0.3 is 0 Å². The third kappa shape index (κ3) is 6.33. The van der Waals surface area contributed by atoms with Gasteiger partial charge < -0.3 is 4.98 Å². The predicted octanol–water partition coefficient (Wildman–Crippen LogP) is 1.95. The van der Waals surface area contributed by atoms with Gasteiger partial charge in [0, 0.05) is 0 Å². The molecule has 0 rings (SSSR count). The van der Waals surface area contributed by atoms with Gasteiger partial charge in [-0.2, -0.15) is 0 Å². The van der Waals surface area contributed by atoms with Crippen molar-refractivity contribution in [3.05, 3.63) is 11.8 Å². The SMILES string of the molecule is CCCCC=C[SiH](Cl)NC. The molecule has 1 atom stereocenters. The molecule has 1 N–H and O–H groups in total. The summed E-state index contributed by atoms with van der Waals surface area (Å²) < 4.78 is 0. The van der Waals surface area contributed by atoms with Crippen molar-refractivity contribution in [2.75, 3.05) is 7.05 Å². The minimum Gasteiger partial charge on any atom is -0.328 e. The first-order chi connectivity index (χ1) is 4.81. The molecule has 0 amide bonds. The molecule has 0 fully saturated rings. The Bertz CT molecular complexity index is 95.6. The smallest absolute Gasteiger partial charge is 0.234 e. The van der Waals surface area contributed by atoms with E-state index in [4.69, 9.17) is 11.1 Å². The van der Waals surface area contributed by atoms with Crippen LogP contribution in [0.5, 0.6) is 0 Å². The van der Waals surface area contributed by atoms with Crippen LogP contribution in [0.1, 0.15) is 26.2 Å². The molecule has 0 aromatic carbocycles. The highest BCUT2D eigenvalue weighted by Gasteiger charge is 1.93. The summed E-state index contributed by atoms with van der Waals surface area (Å²) in [5.74, 6) is 0. The highest BCUT2D eigenvalue weighted by molar-refractivity contribution is 7.08. The first-order valence-corrected chi connectivity index (χ1v) is 6.78. The topological polar surface area (TPSA) is 12.0 Å². The number of hydrogen-bond donors (Lipinski definition) is 1. The molecular formula is C7H16ClNSi. The number of nitrogens with one attached hydrogen (secondary N) is 1. The fraction of sp³-hybridized carbons (Fsp3) is 0.714. The molecule has 0 saturated heterocycles. The normalized spacial score (nSPS) is 14.3. The van der Waals surface area contributed by atoms with Crippen molar-refractivity contribution in [3.63, 3.8) is 0 Å². The quantitative estimate of drug-likeness (QED) is 0.385. The zero-order valence-corrected chi connectivity index (χ0v) is 8.64. The van der Waals surface area contributed by atoms with E-state index in [1.165, 1.54) is 19.3 Å². The average Bonchev–Trinajstić information content (AvgIpc) is 1.98. The first kappa shape index (κ1) is 10.2. The standard InChI is InChI=1S/C7H16ClNSi/c1-3-4-5-6-7-10(8)9-2/h6-7,9-10H,3-5H2,1-2H3. The molecule has 0 heterocycles. The molecule has 0 bridgehead atoms. The van der Waals surface area contributed by atoms with Gasteiger partial charge in [0.15, 0.2) is 0 Å². The number of unbranched alkanes of at least 4 members (excludes halogenated alkanes) is 2. The fourth-order valence-corrected chi connectivity index (χ4v) is 1.57. The summed E-state index contributed by atoms with van der Waals surface area (Å²) in [5, 5.41) is 0. The van der Waals surface area contributed by atoms with Gasteiger partial charge in [0.2, 0.25) is 8.27 Å². The number of allylic oxidation sites excluding steroid dienone is 1. The highest BCUT2D eigenvalue weighted by atomic mass is 35.6. The summed E-state index contributed by atoms with van der Waals surface area (Å²) in [5.41, 5.74) is 2.12. The highest BCUT2D eigenvalue weighted by Crippen LogP contribution is 1.96. The van der Waals surface area contributed by atoms with Crippen molar-refractivity contribution in [3.8, 4) is 0 Å². The van der Waals surface area contributed by atoms with Crippen molar-refractivity contribution in [2.45, 2.75) is 26.2 Å². The average molecular weight is 178 g/mol. The molecule has 0 aliphatic carbocycles.